The molecular formula is C16H12Cl2FN3O2S. The summed E-state index contributed by atoms with van der Waals surface area (Å²) in [6.07, 6.45) is 3.51. The van der Waals surface area contributed by atoms with Crippen molar-refractivity contribution < 1.29 is 12.8 Å². The van der Waals surface area contributed by atoms with Crippen molar-refractivity contribution in [3.8, 4) is 5.69 Å². The first-order chi connectivity index (χ1) is 11.8. The van der Waals surface area contributed by atoms with E-state index in [0.29, 0.717) is 5.69 Å². The van der Waals surface area contributed by atoms with Gasteiger partial charge in [0.05, 0.1) is 26.3 Å². The van der Waals surface area contributed by atoms with Crippen molar-refractivity contribution in [1.82, 2.24) is 4.57 Å². The van der Waals surface area contributed by atoms with Gasteiger partial charge < -0.3 is 10.3 Å². The number of nitrogen functional groups attached to an aromatic ring is 1. The van der Waals surface area contributed by atoms with E-state index in [9.17, 15) is 12.8 Å². The van der Waals surface area contributed by atoms with Gasteiger partial charge >= 0.3 is 0 Å². The van der Waals surface area contributed by atoms with Crippen LogP contribution in [0.4, 0.5) is 15.8 Å². The van der Waals surface area contributed by atoms with Gasteiger partial charge in [0.1, 0.15) is 5.82 Å². The molecule has 0 atom stereocenters. The molecule has 5 nitrogen and oxygen atoms in total. The summed E-state index contributed by atoms with van der Waals surface area (Å²) in [7, 11) is -4.11. The van der Waals surface area contributed by atoms with E-state index in [2.05, 4.69) is 4.72 Å². The van der Waals surface area contributed by atoms with E-state index >= 15 is 0 Å². The molecular weight excluding hydrogens is 388 g/mol. The van der Waals surface area contributed by atoms with Crippen LogP contribution in [-0.2, 0) is 10.0 Å². The van der Waals surface area contributed by atoms with Gasteiger partial charge in [-0.2, -0.15) is 0 Å². The minimum absolute atomic E-state index is 0.00515. The molecule has 2 aromatic carbocycles. The Labute approximate surface area is 153 Å². The van der Waals surface area contributed by atoms with E-state index in [1.54, 1.807) is 29.1 Å². The van der Waals surface area contributed by atoms with Crippen molar-refractivity contribution in [3.05, 3.63) is 70.7 Å². The highest BCUT2D eigenvalue weighted by Gasteiger charge is 2.19. The van der Waals surface area contributed by atoms with Crippen LogP contribution in [0.25, 0.3) is 5.69 Å². The fourth-order valence-electron chi connectivity index (χ4n) is 2.18. The highest BCUT2D eigenvalue weighted by molar-refractivity contribution is 7.92. The summed E-state index contributed by atoms with van der Waals surface area (Å²) >= 11 is 11.7. The van der Waals surface area contributed by atoms with E-state index < -0.39 is 15.8 Å². The van der Waals surface area contributed by atoms with Crippen LogP contribution in [0, 0.1) is 5.82 Å². The molecule has 0 saturated heterocycles. The zero-order valence-electron chi connectivity index (χ0n) is 12.6. The third-order valence-corrected chi connectivity index (χ3v) is 5.43. The number of anilines is 2. The van der Waals surface area contributed by atoms with E-state index in [-0.39, 0.29) is 26.3 Å². The molecule has 3 N–H and O–H groups in total. The molecule has 0 fully saturated rings. The van der Waals surface area contributed by atoms with E-state index in [1.165, 1.54) is 18.2 Å². The number of nitrogens with one attached hydrogen (secondary N) is 1. The van der Waals surface area contributed by atoms with Gasteiger partial charge in [0, 0.05) is 18.1 Å². The molecule has 1 heterocycles. The molecule has 0 aliphatic carbocycles. The molecule has 0 unspecified atom stereocenters. The van der Waals surface area contributed by atoms with Gasteiger partial charge in [-0.25, -0.2) is 12.8 Å². The molecule has 3 aromatic rings. The van der Waals surface area contributed by atoms with Gasteiger partial charge in [0.2, 0.25) is 0 Å². The molecule has 9 heteroatoms. The first-order valence-corrected chi connectivity index (χ1v) is 9.22. The lowest BCUT2D eigenvalue weighted by Gasteiger charge is -2.12. The van der Waals surface area contributed by atoms with Crippen LogP contribution in [-0.4, -0.2) is 13.0 Å². The molecule has 0 amide bonds. The molecule has 3 rings (SSSR count). The Kier molecular flexibility index (Phi) is 4.64. The largest absolute Gasteiger partial charge is 0.396 e. The Hall–Kier alpha value is -2.22. The first-order valence-electron chi connectivity index (χ1n) is 6.98. The van der Waals surface area contributed by atoms with Gasteiger partial charge in [-0.05, 0) is 42.5 Å². The number of nitrogens with zero attached hydrogens (tertiary/aromatic N) is 1. The fourth-order valence-corrected chi connectivity index (χ4v) is 3.90. The van der Waals surface area contributed by atoms with Gasteiger partial charge in [-0.3, -0.25) is 4.72 Å². The summed E-state index contributed by atoms with van der Waals surface area (Å²) in [6, 6.07) is 9.99. The lowest BCUT2D eigenvalue weighted by atomic mass is 10.2. The Morgan fingerprint density at radius 3 is 2.24 bits per heavy atom. The highest BCUT2D eigenvalue weighted by Crippen LogP contribution is 2.32. The van der Waals surface area contributed by atoms with Gasteiger partial charge in [0.25, 0.3) is 10.0 Å². The Bertz CT molecular complexity index is 1010. The second-order valence-corrected chi connectivity index (χ2v) is 7.66. The maximum absolute atomic E-state index is 14.1. The fraction of sp³-hybridized carbons (Fsp3) is 0. The summed E-state index contributed by atoms with van der Waals surface area (Å²) in [4.78, 5) is -0.220. The monoisotopic (exact) mass is 399 g/mol. The summed E-state index contributed by atoms with van der Waals surface area (Å²) in [5.74, 6) is -0.716. The average Bonchev–Trinajstić information content (AvgIpc) is 3.08. The smallest absolute Gasteiger partial charge is 0.262 e. The minimum Gasteiger partial charge on any atom is -0.396 e. The number of hydrogen-bond donors (Lipinski definition) is 2. The molecule has 0 bridgehead atoms. The number of hydrogen-bond acceptors (Lipinski definition) is 3. The van der Waals surface area contributed by atoms with E-state index in [4.69, 9.17) is 28.9 Å². The predicted octanol–water partition coefficient (Wildman–Crippen LogP) is 4.31. The standard InChI is InChI=1S/C16H12Cl2FN3O2S/c17-12-8-11(9-13(18)16(12)20)25(23,24)21-15-7-10(3-4-14(15)19)22-5-1-2-6-22/h1-9,21H,20H2. The van der Waals surface area contributed by atoms with Crippen LogP contribution in [0.15, 0.2) is 59.8 Å². The molecule has 0 radical (unpaired) electrons. The second-order valence-electron chi connectivity index (χ2n) is 5.16. The minimum atomic E-state index is -4.11. The van der Waals surface area contributed by atoms with Crippen molar-refractivity contribution in [3.63, 3.8) is 0 Å². The number of nitrogens with two attached hydrogens (primary N) is 1. The lowest BCUT2D eigenvalue weighted by Crippen LogP contribution is -2.14. The summed E-state index contributed by atoms with van der Waals surface area (Å²) in [5, 5.41) is -0.0103. The van der Waals surface area contributed by atoms with Crippen LogP contribution in [0.1, 0.15) is 0 Å². The molecule has 0 spiro atoms. The average molecular weight is 400 g/mol. The van der Waals surface area contributed by atoms with Crippen molar-refractivity contribution in [2.75, 3.05) is 10.5 Å². The summed E-state index contributed by atoms with van der Waals surface area (Å²) in [5.41, 5.74) is 6.07. The first kappa shape index (κ1) is 17.6. The quantitative estimate of drug-likeness (QED) is 0.641. The molecule has 0 saturated carbocycles. The molecule has 0 aliphatic rings. The summed E-state index contributed by atoms with van der Waals surface area (Å²) < 4.78 is 43.0. The zero-order valence-corrected chi connectivity index (χ0v) is 14.9. The number of benzene rings is 2. The van der Waals surface area contributed by atoms with Crippen molar-refractivity contribution in [2.45, 2.75) is 4.90 Å². The predicted molar refractivity (Wildman–Crippen MR) is 97.4 cm³/mol. The SMILES string of the molecule is Nc1c(Cl)cc(S(=O)(=O)Nc2cc(-n3cccc3)ccc2F)cc1Cl. The van der Waals surface area contributed by atoms with Crippen molar-refractivity contribution >= 4 is 44.6 Å². The van der Waals surface area contributed by atoms with Gasteiger partial charge in [0.15, 0.2) is 0 Å². The molecule has 25 heavy (non-hydrogen) atoms. The van der Waals surface area contributed by atoms with Crippen LogP contribution in [0.2, 0.25) is 10.0 Å². The Morgan fingerprint density at radius 1 is 1.04 bits per heavy atom. The van der Waals surface area contributed by atoms with E-state index in [1.807, 2.05) is 0 Å². The second kappa shape index (κ2) is 6.59. The number of aromatic nitrogens is 1. The highest BCUT2D eigenvalue weighted by atomic mass is 35.5. The Balaban J connectivity index is 2.00. The van der Waals surface area contributed by atoms with Crippen LogP contribution in [0.3, 0.4) is 0 Å². The zero-order chi connectivity index (χ0) is 18.2. The Morgan fingerprint density at radius 2 is 1.64 bits per heavy atom. The maximum atomic E-state index is 14.1. The van der Waals surface area contributed by atoms with Gasteiger partial charge in [-0.1, -0.05) is 23.2 Å². The van der Waals surface area contributed by atoms with Crippen LogP contribution < -0.4 is 10.5 Å². The number of halogens is 3. The van der Waals surface area contributed by atoms with E-state index in [0.717, 1.165) is 12.1 Å². The normalized spacial score (nSPS) is 11.5. The third-order valence-electron chi connectivity index (χ3n) is 3.46. The maximum Gasteiger partial charge on any atom is 0.262 e. The lowest BCUT2D eigenvalue weighted by molar-refractivity contribution is 0.598. The molecule has 0 aliphatic heterocycles. The molecule has 130 valence electrons. The van der Waals surface area contributed by atoms with Crippen LogP contribution >= 0.6 is 23.2 Å². The number of rotatable bonds is 4. The molecule has 1 aromatic heterocycles. The summed E-state index contributed by atoms with van der Waals surface area (Å²) in [6.45, 7) is 0. The topological polar surface area (TPSA) is 77.1 Å². The van der Waals surface area contributed by atoms with Crippen LogP contribution in [0.5, 0.6) is 0 Å². The van der Waals surface area contributed by atoms with Gasteiger partial charge in [-0.15, -0.1) is 0 Å². The van der Waals surface area contributed by atoms with Crippen molar-refractivity contribution in [1.29, 1.82) is 0 Å². The van der Waals surface area contributed by atoms with Crippen molar-refractivity contribution in [2.24, 2.45) is 0 Å². The third kappa shape index (κ3) is 3.58. The number of sulfonamides is 1.